The van der Waals surface area contributed by atoms with Gasteiger partial charge in [0.05, 0.1) is 24.9 Å². The summed E-state index contributed by atoms with van der Waals surface area (Å²) in [7, 11) is 3.57. The number of hydrogen-bond donors (Lipinski definition) is 1. The highest BCUT2D eigenvalue weighted by Crippen LogP contribution is 2.24. The lowest BCUT2D eigenvalue weighted by Gasteiger charge is -2.36. The van der Waals surface area contributed by atoms with Gasteiger partial charge in [-0.2, -0.15) is 0 Å². The molecule has 1 aromatic carbocycles. The van der Waals surface area contributed by atoms with Crippen LogP contribution in [0.15, 0.2) is 48.9 Å². The second kappa shape index (κ2) is 9.94. The molecule has 0 radical (unpaired) electrons. The maximum atomic E-state index is 13.9. The van der Waals surface area contributed by atoms with Crippen LogP contribution in [0.3, 0.4) is 0 Å². The molecule has 4 heterocycles. The van der Waals surface area contributed by atoms with E-state index >= 15 is 0 Å². The van der Waals surface area contributed by atoms with Crippen molar-refractivity contribution in [1.29, 1.82) is 0 Å². The molecule has 0 bridgehead atoms. The van der Waals surface area contributed by atoms with E-state index in [0.717, 1.165) is 31.9 Å². The lowest BCUT2D eigenvalue weighted by atomic mass is 10.2. The number of aromatic nitrogens is 3. The molecular weight excluding hydrogens is 463 g/mol. The largest absolute Gasteiger partial charge is 0.368 e. The highest BCUT2D eigenvalue weighted by atomic mass is 19.1. The van der Waals surface area contributed by atoms with Gasteiger partial charge in [-0.05, 0) is 18.2 Å². The van der Waals surface area contributed by atoms with Gasteiger partial charge in [-0.3, -0.25) is 14.5 Å². The number of pyridine rings is 1. The van der Waals surface area contributed by atoms with E-state index in [1.807, 2.05) is 30.1 Å². The first kappa shape index (κ1) is 23.7. The Morgan fingerprint density at radius 2 is 1.81 bits per heavy atom. The molecule has 2 aliphatic rings. The summed E-state index contributed by atoms with van der Waals surface area (Å²) < 4.78 is 15.5. The molecule has 36 heavy (non-hydrogen) atoms. The van der Waals surface area contributed by atoms with Crippen molar-refractivity contribution in [2.75, 3.05) is 62.1 Å². The number of carbonyl (C=O) groups is 2. The molecule has 2 aliphatic heterocycles. The minimum Gasteiger partial charge on any atom is -0.368 e. The third kappa shape index (κ3) is 4.87. The van der Waals surface area contributed by atoms with Crippen molar-refractivity contribution >= 4 is 29.1 Å². The zero-order chi connectivity index (χ0) is 25.2. The third-order valence-electron chi connectivity index (χ3n) is 6.57. The summed E-state index contributed by atoms with van der Waals surface area (Å²) in [4.78, 5) is 41.8. The summed E-state index contributed by atoms with van der Waals surface area (Å²) in [6.07, 6.45) is 3.26. The predicted molar refractivity (Wildman–Crippen MR) is 134 cm³/mol. The van der Waals surface area contributed by atoms with Gasteiger partial charge in [0.1, 0.15) is 18.2 Å². The Kier molecular flexibility index (Phi) is 6.55. The average Bonchev–Trinajstić information content (AvgIpc) is 3.29. The van der Waals surface area contributed by atoms with E-state index in [9.17, 15) is 14.0 Å². The van der Waals surface area contributed by atoms with Gasteiger partial charge in [-0.1, -0.05) is 18.2 Å². The summed E-state index contributed by atoms with van der Waals surface area (Å²) in [6.45, 7) is 4.28. The zero-order valence-electron chi connectivity index (χ0n) is 20.4. The summed E-state index contributed by atoms with van der Waals surface area (Å²) in [5.74, 6) is 0.394. The van der Waals surface area contributed by atoms with E-state index in [2.05, 4.69) is 25.1 Å². The van der Waals surface area contributed by atoms with Crippen LogP contribution in [0.5, 0.6) is 0 Å². The number of carbonyl (C=O) groups excluding carboxylic acids is 2. The molecule has 10 nitrogen and oxygen atoms in total. The van der Waals surface area contributed by atoms with Gasteiger partial charge in [0.2, 0.25) is 5.91 Å². The predicted octanol–water partition coefficient (Wildman–Crippen LogP) is 1.86. The average molecular weight is 493 g/mol. The number of amides is 2. The second-order valence-electron chi connectivity index (χ2n) is 9.19. The number of fused-ring (bicyclic) bond motifs is 1. The number of halogens is 1. The second-order valence-corrected chi connectivity index (χ2v) is 9.19. The highest BCUT2D eigenvalue weighted by Gasteiger charge is 2.30. The molecule has 1 N–H and O–H groups in total. The summed E-state index contributed by atoms with van der Waals surface area (Å²) in [5, 5.41) is 2.79. The number of nitrogens with zero attached hydrogens (tertiary/aromatic N) is 7. The van der Waals surface area contributed by atoms with Crippen molar-refractivity contribution in [1.82, 2.24) is 24.3 Å². The van der Waals surface area contributed by atoms with Gasteiger partial charge in [-0.15, -0.1) is 0 Å². The first-order chi connectivity index (χ1) is 17.4. The maximum absolute atomic E-state index is 13.9. The van der Waals surface area contributed by atoms with Crippen molar-refractivity contribution in [2.24, 2.45) is 0 Å². The minimum atomic E-state index is -0.291. The Labute approximate surface area is 208 Å². The molecule has 188 valence electrons. The number of rotatable bonds is 6. The summed E-state index contributed by atoms with van der Waals surface area (Å²) >= 11 is 0. The molecule has 0 atom stereocenters. The normalized spacial score (nSPS) is 16.3. The van der Waals surface area contributed by atoms with Crippen molar-refractivity contribution in [3.8, 4) is 0 Å². The van der Waals surface area contributed by atoms with Crippen LogP contribution in [0, 0.1) is 5.82 Å². The topological polar surface area (TPSA) is 89.8 Å². The van der Waals surface area contributed by atoms with Gasteiger partial charge < -0.3 is 24.6 Å². The number of hydrogen-bond acceptors (Lipinski definition) is 7. The minimum absolute atomic E-state index is 0.0385. The van der Waals surface area contributed by atoms with Crippen LogP contribution in [-0.2, 0) is 17.9 Å². The van der Waals surface area contributed by atoms with E-state index in [1.165, 1.54) is 12.4 Å². The fourth-order valence-corrected chi connectivity index (χ4v) is 4.64. The van der Waals surface area contributed by atoms with Crippen molar-refractivity contribution in [3.63, 3.8) is 0 Å². The molecular formula is C25H29FN8O2. The molecule has 1 fully saturated rings. The number of benzene rings is 1. The highest BCUT2D eigenvalue weighted by molar-refractivity contribution is 5.99. The van der Waals surface area contributed by atoms with E-state index in [1.54, 1.807) is 34.8 Å². The first-order valence-electron chi connectivity index (χ1n) is 11.9. The maximum Gasteiger partial charge on any atom is 0.275 e. The van der Waals surface area contributed by atoms with Crippen LogP contribution in [0.4, 0.5) is 21.7 Å². The quantitative estimate of drug-likeness (QED) is 0.562. The molecule has 11 heteroatoms. The summed E-state index contributed by atoms with van der Waals surface area (Å²) in [5.41, 5.74) is 2.09. The first-order valence-corrected chi connectivity index (χ1v) is 11.9. The van der Waals surface area contributed by atoms with Crippen LogP contribution in [0.2, 0.25) is 0 Å². The van der Waals surface area contributed by atoms with Crippen LogP contribution >= 0.6 is 0 Å². The SMILES string of the molecule is CN1CN(C)c2ncn(CC(=O)Nc3ccc(N4CCN(Cc5ccccc5F)CC4)cn3)c2C1=O. The Morgan fingerprint density at radius 1 is 1.03 bits per heavy atom. The third-order valence-corrected chi connectivity index (χ3v) is 6.57. The number of anilines is 3. The summed E-state index contributed by atoms with van der Waals surface area (Å²) in [6, 6.07) is 10.6. The van der Waals surface area contributed by atoms with Crippen LogP contribution < -0.4 is 15.1 Å². The fraction of sp³-hybridized carbons (Fsp3) is 0.360. The van der Waals surface area contributed by atoms with Crippen LogP contribution in [0.25, 0.3) is 0 Å². The van der Waals surface area contributed by atoms with Gasteiger partial charge >= 0.3 is 0 Å². The lowest BCUT2D eigenvalue weighted by Crippen LogP contribution is -2.46. The number of nitrogens with one attached hydrogen (secondary N) is 1. The molecule has 0 saturated carbocycles. The van der Waals surface area contributed by atoms with Crippen LogP contribution in [0.1, 0.15) is 16.1 Å². The molecule has 0 aliphatic carbocycles. The van der Waals surface area contributed by atoms with Crippen LogP contribution in [-0.4, -0.2) is 83.1 Å². The molecule has 0 unspecified atom stereocenters. The Bertz CT molecular complexity index is 1250. The van der Waals surface area contributed by atoms with Gasteiger partial charge in [-0.25, -0.2) is 14.4 Å². The standard InChI is InChI=1S/C25H29FN8O2/c1-30-17-31(2)25(36)23-24(30)28-16-34(23)15-22(35)29-21-8-7-19(13-27-21)33-11-9-32(10-12-33)14-18-5-3-4-6-20(18)26/h3-8,13,16H,9-12,14-15,17H2,1-2H3,(H,27,29,35). The molecule has 0 spiro atoms. The zero-order valence-corrected chi connectivity index (χ0v) is 20.4. The molecule has 2 amide bonds. The monoisotopic (exact) mass is 492 g/mol. The Morgan fingerprint density at radius 3 is 2.53 bits per heavy atom. The van der Waals surface area contributed by atoms with E-state index in [-0.39, 0.29) is 24.2 Å². The molecule has 3 aromatic rings. The van der Waals surface area contributed by atoms with Crippen molar-refractivity contribution in [2.45, 2.75) is 13.1 Å². The molecule has 1 saturated heterocycles. The van der Waals surface area contributed by atoms with Gasteiger partial charge in [0.25, 0.3) is 5.91 Å². The Balaban J connectivity index is 1.15. The van der Waals surface area contributed by atoms with Crippen molar-refractivity contribution in [3.05, 3.63) is 66.0 Å². The Hall–Kier alpha value is -3.99. The number of imidazole rings is 1. The fourth-order valence-electron chi connectivity index (χ4n) is 4.64. The van der Waals surface area contributed by atoms with Crippen molar-refractivity contribution < 1.29 is 14.0 Å². The van der Waals surface area contributed by atoms with E-state index in [4.69, 9.17) is 0 Å². The van der Waals surface area contributed by atoms with E-state index < -0.39 is 0 Å². The molecule has 2 aromatic heterocycles. The van der Waals surface area contributed by atoms with E-state index in [0.29, 0.717) is 36.1 Å². The smallest absolute Gasteiger partial charge is 0.275 e. The number of piperazine rings is 1. The van der Waals surface area contributed by atoms with Gasteiger partial charge in [0, 0.05) is 52.4 Å². The lowest BCUT2D eigenvalue weighted by molar-refractivity contribution is -0.116. The molecule has 5 rings (SSSR count). The van der Waals surface area contributed by atoms with Gasteiger partial charge in [0.15, 0.2) is 11.5 Å².